The maximum absolute atomic E-state index is 12.8. The minimum absolute atomic E-state index is 0.298. The quantitative estimate of drug-likeness (QED) is 0.448. The zero-order chi connectivity index (χ0) is 21.8. The molecule has 2 aromatic heterocycles. The summed E-state index contributed by atoms with van der Waals surface area (Å²) in [5.74, 6) is 0.146. The average molecular weight is 424 g/mol. The van der Waals surface area contributed by atoms with Crippen molar-refractivity contribution in [2.45, 2.75) is 13.0 Å². The second-order valence-electron chi connectivity index (χ2n) is 6.62. The first kappa shape index (κ1) is 20.3. The monoisotopic (exact) mass is 424 g/mol. The van der Waals surface area contributed by atoms with Crippen molar-refractivity contribution in [3.05, 3.63) is 77.9 Å². The van der Waals surface area contributed by atoms with Crippen molar-refractivity contribution in [2.75, 3.05) is 12.4 Å². The number of amides is 1. The zero-order valence-electron chi connectivity index (χ0n) is 16.4. The van der Waals surface area contributed by atoms with Crippen molar-refractivity contribution < 1.29 is 23.0 Å². The van der Waals surface area contributed by atoms with E-state index in [9.17, 15) is 13.6 Å². The van der Waals surface area contributed by atoms with E-state index in [1.807, 2.05) is 12.1 Å². The zero-order valence-corrected chi connectivity index (χ0v) is 16.4. The lowest BCUT2D eigenvalue weighted by molar-refractivity contribution is 0.102. The van der Waals surface area contributed by atoms with Gasteiger partial charge in [-0.25, -0.2) is 13.8 Å². The highest BCUT2D eigenvalue weighted by Gasteiger charge is 2.15. The van der Waals surface area contributed by atoms with Gasteiger partial charge >= 0.3 is 0 Å². The molecule has 158 valence electrons. The number of aromatic amines is 1. The summed E-state index contributed by atoms with van der Waals surface area (Å²) >= 11 is 0. The molecule has 9 heteroatoms. The van der Waals surface area contributed by atoms with Gasteiger partial charge in [0.15, 0.2) is 17.3 Å². The van der Waals surface area contributed by atoms with Gasteiger partial charge in [0, 0.05) is 29.7 Å². The van der Waals surface area contributed by atoms with Crippen LogP contribution in [0.15, 0.2) is 60.9 Å². The van der Waals surface area contributed by atoms with E-state index in [4.69, 9.17) is 9.47 Å². The molecule has 0 saturated carbocycles. The Balaban J connectivity index is 1.51. The number of ether oxygens (including phenoxy) is 2. The van der Waals surface area contributed by atoms with Crippen LogP contribution in [0.25, 0.3) is 11.0 Å². The van der Waals surface area contributed by atoms with Crippen LogP contribution in [0.3, 0.4) is 0 Å². The predicted octanol–water partition coefficient (Wildman–Crippen LogP) is 4.74. The number of nitrogens with zero attached hydrogens (tertiary/aromatic N) is 2. The van der Waals surface area contributed by atoms with E-state index in [0.717, 1.165) is 5.56 Å². The largest absolute Gasteiger partial charge is 0.493 e. The maximum atomic E-state index is 12.8. The molecule has 4 rings (SSSR count). The third-order valence-corrected chi connectivity index (χ3v) is 4.53. The number of H-pyrrole nitrogens is 1. The smallest absolute Gasteiger partial charge is 0.295 e. The van der Waals surface area contributed by atoms with Gasteiger partial charge in [-0.3, -0.25) is 9.78 Å². The number of methoxy groups -OCH3 is 1. The molecule has 0 spiro atoms. The van der Waals surface area contributed by atoms with Gasteiger partial charge in [0.05, 0.1) is 18.1 Å². The van der Waals surface area contributed by atoms with Gasteiger partial charge in [0.2, 0.25) is 0 Å². The normalized spacial score (nSPS) is 11.0. The molecule has 0 aliphatic rings. The van der Waals surface area contributed by atoms with E-state index in [2.05, 4.69) is 20.3 Å². The van der Waals surface area contributed by atoms with Crippen LogP contribution in [0.4, 0.5) is 14.5 Å². The van der Waals surface area contributed by atoms with Crippen LogP contribution in [0.2, 0.25) is 0 Å². The SMILES string of the molecule is COc1ccc(NC(=O)c2ccc3nc(C(F)F)[nH]c3c2)cc1OCc1ccncc1. The van der Waals surface area contributed by atoms with Gasteiger partial charge in [0.25, 0.3) is 12.3 Å². The second-order valence-corrected chi connectivity index (χ2v) is 6.62. The summed E-state index contributed by atoms with van der Waals surface area (Å²) in [6, 6.07) is 13.2. The van der Waals surface area contributed by atoms with Gasteiger partial charge in [-0.05, 0) is 48.0 Å². The average Bonchev–Trinajstić information content (AvgIpc) is 3.22. The molecule has 0 aliphatic carbocycles. The Morgan fingerprint density at radius 2 is 1.90 bits per heavy atom. The first-order valence-corrected chi connectivity index (χ1v) is 9.32. The van der Waals surface area contributed by atoms with E-state index in [1.54, 1.807) is 30.6 Å². The van der Waals surface area contributed by atoms with Crippen LogP contribution in [0.1, 0.15) is 28.2 Å². The number of hydrogen-bond donors (Lipinski definition) is 2. The summed E-state index contributed by atoms with van der Waals surface area (Å²) in [5.41, 5.74) is 2.45. The van der Waals surface area contributed by atoms with Gasteiger partial charge < -0.3 is 19.8 Å². The van der Waals surface area contributed by atoms with E-state index < -0.39 is 18.2 Å². The number of benzene rings is 2. The molecule has 0 atom stereocenters. The molecule has 2 N–H and O–H groups in total. The highest BCUT2D eigenvalue weighted by atomic mass is 19.3. The van der Waals surface area contributed by atoms with E-state index >= 15 is 0 Å². The summed E-state index contributed by atoms with van der Waals surface area (Å²) in [4.78, 5) is 23.0. The molecule has 0 aliphatic heterocycles. The summed E-state index contributed by atoms with van der Waals surface area (Å²) in [5, 5.41) is 2.78. The van der Waals surface area contributed by atoms with E-state index in [-0.39, 0.29) is 0 Å². The molecule has 0 radical (unpaired) electrons. The van der Waals surface area contributed by atoms with Crippen molar-refractivity contribution in [1.82, 2.24) is 15.0 Å². The fourth-order valence-corrected chi connectivity index (χ4v) is 2.98. The first-order valence-electron chi connectivity index (χ1n) is 9.32. The molecule has 7 nitrogen and oxygen atoms in total. The number of carbonyl (C=O) groups is 1. The summed E-state index contributed by atoms with van der Waals surface area (Å²) in [6.07, 6.45) is 0.635. The molecule has 1 amide bonds. The minimum Gasteiger partial charge on any atom is -0.493 e. The van der Waals surface area contributed by atoms with Crippen LogP contribution in [-0.4, -0.2) is 28.0 Å². The number of pyridine rings is 1. The Hall–Kier alpha value is -4.01. The molecule has 4 aromatic rings. The number of aromatic nitrogens is 3. The molecule has 0 saturated heterocycles. The van der Waals surface area contributed by atoms with Gasteiger partial charge in [-0.15, -0.1) is 0 Å². The lowest BCUT2D eigenvalue weighted by Crippen LogP contribution is -2.12. The Morgan fingerprint density at radius 3 is 2.65 bits per heavy atom. The molecule has 31 heavy (non-hydrogen) atoms. The maximum Gasteiger partial charge on any atom is 0.295 e. The lowest BCUT2D eigenvalue weighted by atomic mass is 10.2. The fourth-order valence-electron chi connectivity index (χ4n) is 2.98. The Kier molecular flexibility index (Phi) is 5.74. The third-order valence-electron chi connectivity index (χ3n) is 4.53. The minimum atomic E-state index is -2.71. The van der Waals surface area contributed by atoms with Crippen molar-refractivity contribution in [2.24, 2.45) is 0 Å². The Labute approximate surface area is 176 Å². The van der Waals surface area contributed by atoms with Crippen molar-refractivity contribution in [3.8, 4) is 11.5 Å². The summed E-state index contributed by atoms with van der Waals surface area (Å²) in [6.45, 7) is 0.305. The van der Waals surface area contributed by atoms with E-state index in [1.165, 1.54) is 25.3 Å². The number of fused-ring (bicyclic) bond motifs is 1. The van der Waals surface area contributed by atoms with Crippen molar-refractivity contribution >= 4 is 22.6 Å². The van der Waals surface area contributed by atoms with Crippen molar-refractivity contribution in [3.63, 3.8) is 0 Å². The number of halogens is 2. The molecule has 2 aromatic carbocycles. The lowest BCUT2D eigenvalue weighted by Gasteiger charge is -2.13. The third kappa shape index (κ3) is 4.61. The van der Waals surface area contributed by atoms with Gasteiger partial charge in [-0.1, -0.05) is 0 Å². The number of alkyl halides is 2. The predicted molar refractivity (Wildman–Crippen MR) is 111 cm³/mol. The Bertz CT molecular complexity index is 1210. The summed E-state index contributed by atoms with van der Waals surface area (Å²) < 4.78 is 36.8. The molecular formula is C22H18F2N4O3. The standard InChI is InChI=1S/C22H18F2N4O3/c1-30-18-5-3-15(11-19(18)31-12-13-6-8-25-9-7-13)26-22(29)14-2-4-16-17(10-14)28-21(27-16)20(23)24/h2-11,20H,12H2,1H3,(H,26,29)(H,27,28). The number of anilines is 1. The first-order chi connectivity index (χ1) is 15.0. The fraction of sp³-hybridized carbons (Fsp3) is 0.136. The van der Waals surface area contributed by atoms with Crippen LogP contribution < -0.4 is 14.8 Å². The highest BCUT2D eigenvalue weighted by molar-refractivity contribution is 6.06. The summed E-state index contributed by atoms with van der Waals surface area (Å²) in [7, 11) is 1.53. The second kappa shape index (κ2) is 8.78. The van der Waals surface area contributed by atoms with Crippen LogP contribution in [-0.2, 0) is 6.61 Å². The number of nitrogens with one attached hydrogen (secondary N) is 2. The molecule has 0 fully saturated rings. The highest BCUT2D eigenvalue weighted by Crippen LogP contribution is 2.31. The van der Waals surface area contributed by atoms with Crippen molar-refractivity contribution in [1.29, 1.82) is 0 Å². The van der Waals surface area contributed by atoms with Crippen LogP contribution in [0, 0.1) is 0 Å². The number of carbonyl (C=O) groups excluding carboxylic acids is 1. The van der Waals surface area contributed by atoms with E-state index in [0.29, 0.717) is 40.4 Å². The van der Waals surface area contributed by atoms with Crippen LogP contribution >= 0.6 is 0 Å². The number of imidazole rings is 1. The number of rotatable bonds is 7. The topological polar surface area (TPSA) is 89.1 Å². The number of hydrogen-bond acceptors (Lipinski definition) is 5. The molecule has 0 bridgehead atoms. The Morgan fingerprint density at radius 1 is 1.10 bits per heavy atom. The molecule has 2 heterocycles. The van der Waals surface area contributed by atoms with Gasteiger partial charge in [0.1, 0.15) is 6.61 Å². The van der Waals surface area contributed by atoms with Crippen LogP contribution in [0.5, 0.6) is 11.5 Å². The molecular weight excluding hydrogens is 406 g/mol. The van der Waals surface area contributed by atoms with Gasteiger partial charge in [-0.2, -0.15) is 0 Å². The molecule has 0 unspecified atom stereocenters.